The molecule has 0 bridgehead atoms. The Hall–Kier alpha value is -1.46. The molecular weight excluding hydrogens is 228 g/mol. The molecule has 96 valence electrons. The summed E-state index contributed by atoms with van der Waals surface area (Å²) in [7, 11) is 0. The van der Waals surface area contributed by atoms with Crippen molar-refractivity contribution >= 4 is 5.65 Å². The van der Waals surface area contributed by atoms with Crippen LogP contribution in [0.3, 0.4) is 0 Å². The molecular formula is C13H18N4O. The smallest absolute Gasteiger partial charge is 0.155 e. The highest BCUT2D eigenvalue weighted by Gasteiger charge is 2.16. The van der Waals surface area contributed by atoms with E-state index in [1.165, 1.54) is 12.8 Å². The Kier molecular flexibility index (Phi) is 3.25. The Morgan fingerprint density at radius 3 is 3.11 bits per heavy atom. The highest BCUT2D eigenvalue weighted by Crippen LogP contribution is 2.16. The van der Waals surface area contributed by atoms with Crippen molar-refractivity contribution in [1.82, 2.24) is 14.6 Å². The minimum absolute atomic E-state index is 0.283. The first-order valence-corrected chi connectivity index (χ1v) is 6.51. The second-order valence-electron chi connectivity index (χ2n) is 4.76. The number of ether oxygens (including phenoxy) is 1. The van der Waals surface area contributed by atoms with Crippen molar-refractivity contribution in [2.24, 2.45) is 5.73 Å². The maximum Gasteiger partial charge on any atom is 0.155 e. The third-order valence-corrected chi connectivity index (χ3v) is 3.36. The summed E-state index contributed by atoms with van der Waals surface area (Å²) in [5, 5.41) is 4.49. The normalized spacial score (nSPS) is 20.4. The van der Waals surface area contributed by atoms with Gasteiger partial charge in [0, 0.05) is 25.8 Å². The molecule has 5 heteroatoms. The van der Waals surface area contributed by atoms with E-state index >= 15 is 0 Å². The van der Waals surface area contributed by atoms with Crippen LogP contribution in [0.15, 0.2) is 18.3 Å². The van der Waals surface area contributed by atoms with Gasteiger partial charge in [0.25, 0.3) is 0 Å². The SMILES string of the molecule is NCc1ccc2nc(CC3CCCCO3)nn2c1. The molecule has 3 heterocycles. The van der Waals surface area contributed by atoms with Gasteiger partial charge < -0.3 is 10.5 Å². The predicted octanol–water partition coefficient (Wildman–Crippen LogP) is 1.30. The molecule has 1 aliphatic heterocycles. The second kappa shape index (κ2) is 5.04. The molecule has 5 nitrogen and oxygen atoms in total. The molecule has 0 amide bonds. The van der Waals surface area contributed by atoms with Gasteiger partial charge >= 0.3 is 0 Å². The summed E-state index contributed by atoms with van der Waals surface area (Å²) < 4.78 is 7.52. The van der Waals surface area contributed by atoms with Crippen LogP contribution in [0.4, 0.5) is 0 Å². The quantitative estimate of drug-likeness (QED) is 0.886. The van der Waals surface area contributed by atoms with E-state index < -0.39 is 0 Å². The first kappa shape index (κ1) is 11.6. The van der Waals surface area contributed by atoms with E-state index in [1.54, 1.807) is 4.52 Å². The fourth-order valence-corrected chi connectivity index (χ4v) is 2.35. The van der Waals surface area contributed by atoms with Crippen LogP contribution in [0.25, 0.3) is 5.65 Å². The van der Waals surface area contributed by atoms with E-state index in [2.05, 4.69) is 10.1 Å². The lowest BCUT2D eigenvalue weighted by molar-refractivity contribution is 0.0157. The Bertz CT molecular complexity index is 531. The maximum atomic E-state index is 5.71. The summed E-state index contributed by atoms with van der Waals surface area (Å²) in [5.41, 5.74) is 7.55. The molecule has 0 aliphatic carbocycles. The topological polar surface area (TPSA) is 65.4 Å². The van der Waals surface area contributed by atoms with E-state index in [4.69, 9.17) is 10.5 Å². The molecule has 2 N–H and O–H groups in total. The predicted molar refractivity (Wildman–Crippen MR) is 68.2 cm³/mol. The number of nitrogens with zero attached hydrogens (tertiary/aromatic N) is 3. The minimum Gasteiger partial charge on any atom is -0.378 e. The van der Waals surface area contributed by atoms with Gasteiger partial charge in [0.05, 0.1) is 6.10 Å². The van der Waals surface area contributed by atoms with E-state index in [1.807, 2.05) is 18.3 Å². The van der Waals surface area contributed by atoms with Crippen molar-refractivity contribution in [2.75, 3.05) is 6.61 Å². The lowest BCUT2D eigenvalue weighted by Crippen LogP contribution is -2.21. The van der Waals surface area contributed by atoms with Gasteiger partial charge in [0.2, 0.25) is 0 Å². The Morgan fingerprint density at radius 1 is 1.39 bits per heavy atom. The van der Waals surface area contributed by atoms with E-state index in [0.717, 1.165) is 36.5 Å². The lowest BCUT2D eigenvalue weighted by atomic mass is 10.1. The number of rotatable bonds is 3. The Balaban J connectivity index is 1.79. The summed E-state index contributed by atoms with van der Waals surface area (Å²) in [6, 6.07) is 3.95. The summed E-state index contributed by atoms with van der Waals surface area (Å²) >= 11 is 0. The van der Waals surface area contributed by atoms with Gasteiger partial charge in [-0.25, -0.2) is 9.50 Å². The Labute approximate surface area is 106 Å². The molecule has 0 spiro atoms. The monoisotopic (exact) mass is 246 g/mol. The first-order chi connectivity index (χ1) is 8.85. The molecule has 1 fully saturated rings. The molecule has 1 atom stereocenters. The molecule has 1 saturated heterocycles. The summed E-state index contributed by atoms with van der Waals surface area (Å²) in [6.07, 6.45) is 6.56. The van der Waals surface area contributed by atoms with E-state index in [9.17, 15) is 0 Å². The molecule has 18 heavy (non-hydrogen) atoms. The van der Waals surface area contributed by atoms with Gasteiger partial charge in [-0.2, -0.15) is 5.10 Å². The number of pyridine rings is 1. The van der Waals surface area contributed by atoms with Crippen molar-refractivity contribution in [2.45, 2.75) is 38.3 Å². The summed E-state index contributed by atoms with van der Waals surface area (Å²) in [5.74, 6) is 0.857. The minimum atomic E-state index is 0.283. The maximum absolute atomic E-state index is 5.71. The van der Waals surface area contributed by atoms with E-state index in [0.29, 0.717) is 6.54 Å². The molecule has 2 aromatic rings. The van der Waals surface area contributed by atoms with Gasteiger partial charge in [-0.05, 0) is 30.9 Å². The molecule has 0 saturated carbocycles. The van der Waals surface area contributed by atoms with E-state index in [-0.39, 0.29) is 6.10 Å². The molecule has 0 aromatic carbocycles. The standard InChI is InChI=1S/C13H18N4O/c14-8-10-4-5-13-15-12(16-17(13)9-10)7-11-3-1-2-6-18-11/h4-5,9,11H,1-3,6-8,14H2. The first-order valence-electron chi connectivity index (χ1n) is 6.51. The molecule has 3 rings (SSSR count). The van der Waals surface area contributed by atoms with Crippen LogP contribution < -0.4 is 5.73 Å². The summed E-state index contributed by atoms with van der Waals surface area (Å²) in [4.78, 5) is 4.51. The van der Waals surface area contributed by atoms with Crippen molar-refractivity contribution in [3.63, 3.8) is 0 Å². The Morgan fingerprint density at radius 2 is 2.33 bits per heavy atom. The van der Waals surface area contributed by atoms with Crippen LogP contribution in [-0.2, 0) is 17.7 Å². The molecule has 2 aromatic heterocycles. The zero-order chi connectivity index (χ0) is 12.4. The lowest BCUT2D eigenvalue weighted by Gasteiger charge is -2.20. The summed E-state index contributed by atoms with van der Waals surface area (Å²) in [6.45, 7) is 1.40. The zero-order valence-corrected chi connectivity index (χ0v) is 10.4. The second-order valence-corrected chi connectivity index (χ2v) is 4.76. The van der Waals surface area contributed by atoms with Crippen LogP contribution in [0.2, 0.25) is 0 Å². The van der Waals surface area contributed by atoms with Gasteiger partial charge in [0.15, 0.2) is 11.5 Å². The van der Waals surface area contributed by atoms with Crippen molar-refractivity contribution in [1.29, 1.82) is 0 Å². The largest absolute Gasteiger partial charge is 0.378 e. The third kappa shape index (κ3) is 2.37. The number of hydrogen-bond acceptors (Lipinski definition) is 4. The van der Waals surface area contributed by atoms with Gasteiger partial charge in [-0.15, -0.1) is 0 Å². The van der Waals surface area contributed by atoms with Crippen LogP contribution in [0, 0.1) is 0 Å². The number of aromatic nitrogens is 3. The van der Waals surface area contributed by atoms with Crippen molar-refractivity contribution in [3.05, 3.63) is 29.7 Å². The highest BCUT2D eigenvalue weighted by atomic mass is 16.5. The number of hydrogen-bond donors (Lipinski definition) is 1. The highest BCUT2D eigenvalue weighted by molar-refractivity contribution is 5.38. The van der Waals surface area contributed by atoms with Crippen LogP contribution in [-0.4, -0.2) is 27.3 Å². The van der Waals surface area contributed by atoms with Gasteiger partial charge in [-0.3, -0.25) is 0 Å². The fourth-order valence-electron chi connectivity index (χ4n) is 2.35. The van der Waals surface area contributed by atoms with Crippen LogP contribution in [0.1, 0.15) is 30.7 Å². The van der Waals surface area contributed by atoms with Gasteiger partial charge in [-0.1, -0.05) is 6.07 Å². The molecule has 1 unspecified atom stereocenters. The zero-order valence-electron chi connectivity index (χ0n) is 10.4. The fraction of sp³-hybridized carbons (Fsp3) is 0.538. The third-order valence-electron chi connectivity index (χ3n) is 3.36. The number of fused-ring (bicyclic) bond motifs is 1. The van der Waals surface area contributed by atoms with Crippen molar-refractivity contribution in [3.8, 4) is 0 Å². The van der Waals surface area contributed by atoms with Crippen LogP contribution >= 0.6 is 0 Å². The average Bonchev–Trinajstić information content (AvgIpc) is 2.80. The number of nitrogens with two attached hydrogens (primary N) is 1. The molecule has 1 aliphatic rings. The molecule has 0 radical (unpaired) electrons. The van der Waals surface area contributed by atoms with Crippen molar-refractivity contribution < 1.29 is 4.74 Å². The van der Waals surface area contributed by atoms with Crippen LogP contribution in [0.5, 0.6) is 0 Å². The average molecular weight is 246 g/mol. The van der Waals surface area contributed by atoms with Gasteiger partial charge in [0.1, 0.15) is 0 Å².